The molecule has 0 atom stereocenters. The number of nitrogens with zero attached hydrogens (tertiary/aromatic N) is 5. The lowest BCUT2D eigenvalue weighted by atomic mass is 10.2. The fourth-order valence-electron chi connectivity index (χ4n) is 3.05. The van der Waals surface area contributed by atoms with E-state index in [1.165, 1.54) is 5.69 Å². The minimum atomic E-state index is 0.672. The van der Waals surface area contributed by atoms with Gasteiger partial charge in [-0.3, -0.25) is 5.10 Å². The number of hydrogen-bond acceptors (Lipinski definition) is 7. The van der Waals surface area contributed by atoms with E-state index in [9.17, 15) is 0 Å². The molecule has 0 bridgehead atoms. The molecule has 1 aliphatic rings. The molecule has 1 fully saturated rings. The van der Waals surface area contributed by atoms with Gasteiger partial charge in [-0.25, -0.2) is 9.97 Å². The van der Waals surface area contributed by atoms with Gasteiger partial charge in [0, 0.05) is 24.5 Å². The van der Waals surface area contributed by atoms with Gasteiger partial charge in [0.05, 0.1) is 26.0 Å². The predicted molar refractivity (Wildman–Crippen MR) is 102 cm³/mol. The first-order chi connectivity index (χ1) is 12.7. The maximum atomic E-state index is 5.41. The van der Waals surface area contributed by atoms with E-state index in [0.717, 1.165) is 54.7 Å². The predicted octanol–water partition coefficient (Wildman–Crippen LogP) is 1.99. The number of aromatic nitrogens is 4. The lowest BCUT2D eigenvalue weighted by Crippen LogP contribution is -2.36. The summed E-state index contributed by atoms with van der Waals surface area (Å²) in [6, 6.07) is 8.39. The summed E-state index contributed by atoms with van der Waals surface area (Å²) in [4.78, 5) is 13.6. The number of aromatic amines is 1. The fraction of sp³-hybridized carbons (Fsp3) is 0.389. The van der Waals surface area contributed by atoms with Crippen molar-refractivity contribution in [2.75, 3.05) is 50.6 Å². The molecule has 8 heteroatoms. The SMILES string of the molecule is CN(C)Cc1nc(Nc2ccc(N3CCOCC3)cc2)c2[nH]ncc2n1. The van der Waals surface area contributed by atoms with Crippen LogP contribution in [0.1, 0.15) is 5.82 Å². The van der Waals surface area contributed by atoms with Crippen molar-refractivity contribution in [2.45, 2.75) is 6.54 Å². The van der Waals surface area contributed by atoms with Gasteiger partial charge in [0.25, 0.3) is 0 Å². The van der Waals surface area contributed by atoms with Crippen LogP contribution in [0.25, 0.3) is 11.0 Å². The number of ether oxygens (including phenoxy) is 1. The molecule has 136 valence electrons. The first kappa shape index (κ1) is 16.7. The number of fused-ring (bicyclic) bond motifs is 1. The van der Waals surface area contributed by atoms with Crippen molar-refractivity contribution in [1.29, 1.82) is 0 Å². The summed E-state index contributed by atoms with van der Waals surface area (Å²) in [5, 5.41) is 10.5. The number of benzene rings is 1. The third-order valence-corrected chi connectivity index (χ3v) is 4.31. The monoisotopic (exact) mass is 353 g/mol. The molecule has 0 spiro atoms. The Balaban J connectivity index is 1.57. The van der Waals surface area contributed by atoms with Gasteiger partial charge in [0.2, 0.25) is 0 Å². The number of H-pyrrole nitrogens is 1. The average Bonchev–Trinajstić information content (AvgIpc) is 3.11. The lowest BCUT2D eigenvalue weighted by Gasteiger charge is -2.28. The molecule has 4 rings (SSSR count). The summed E-state index contributed by atoms with van der Waals surface area (Å²) < 4.78 is 5.41. The standard InChI is InChI=1S/C18H23N7O/c1-24(2)12-16-21-15-11-19-23-17(15)18(22-16)20-13-3-5-14(6-4-13)25-7-9-26-10-8-25/h3-6,11H,7-10,12H2,1-2H3,(H,19,23)(H,20,21,22). The van der Waals surface area contributed by atoms with Crippen LogP contribution in [0.5, 0.6) is 0 Å². The molecule has 3 aromatic rings. The van der Waals surface area contributed by atoms with Crippen LogP contribution in [0.4, 0.5) is 17.2 Å². The Kier molecular flexibility index (Phi) is 4.68. The Labute approximate surface area is 152 Å². The van der Waals surface area contributed by atoms with Crippen LogP contribution in [-0.2, 0) is 11.3 Å². The van der Waals surface area contributed by atoms with Gasteiger partial charge >= 0.3 is 0 Å². The normalized spacial score (nSPS) is 15.0. The highest BCUT2D eigenvalue weighted by molar-refractivity contribution is 5.86. The summed E-state index contributed by atoms with van der Waals surface area (Å²) in [7, 11) is 4.00. The molecule has 0 unspecified atom stereocenters. The van der Waals surface area contributed by atoms with E-state index in [0.29, 0.717) is 6.54 Å². The minimum absolute atomic E-state index is 0.672. The van der Waals surface area contributed by atoms with Crippen molar-refractivity contribution in [3.05, 3.63) is 36.3 Å². The largest absolute Gasteiger partial charge is 0.378 e. The summed E-state index contributed by atoms with van der Waals surface area (Å²) in [6.07, 6.45) is 1.73. The molecule has 1 aromatic carbocycles. The second kappa shape index (κ2) is 7.27. The van der Waals surface area contributed by atoms with Gasteiger partial charge in [-0.15, -0.1) is 0 Å². The maximum absolute atomic E-state index is 5.41. The van der Waals surface area contributed by atoms with Crippen LogP contribution in [0, 0.1) is 0 Å². The Morgan fingerprint density at radius 3 is 2.65 bits per heavy atom. The average molecular weight is 353 g/mol. The second-order valence-electron chi connectivity index (χ2n) is 6.63. The molecule has 8 nitrogen and oxygen atoms in total. The molecule has 2 N–H and O–H groups in total. The number of morpholine rings is 1. The van der Waals surface area contributed by atoms with Gasteiger partial charge < -0.3 is 19.9 Å². The topological polar surface area (TPSA) is 82.2 Å². The first-order valence-electron chi connectivity index (χ1n) is 8.73. The molecule has 0 amide bonds. The van der Waals surface area contributed by atoms with Crippen molar-refractivity contribution in [3.63, 3.8) is 0 Å². The molecule has 26 heavy (non-hydrogen) atoms. The number of hydrogen-bond donors (Lipinski definition) is 2. The molecule has 0 radical (unpaired) electrons. The van der Waals surface area contributed by atoms with Crippen molar-refractivity contribution < 1.29 is 4.74 Å². The smallest absolute Gasteiger partial charge is 0.160 e. The third kappa shape index (κ3) is 3.61. The highest BCUT2D eigenvalue weighted by Gasteiger charge is 2.13. The molecule has 0 saturated carbocycles. The Hall–Kier alpha value is -2.71. The van der Waals surface area contributed by atoms with E-state index < -0.39 is 0 Å². The van der Waals surface area contributed by atoms with Gasteiger partial charge in [-0.05, 0) is 38.4 Å². The molecule has 1 aliphatic heterocycles. The van der Waals surface area contributed by atoms with Crippen LogP contribution < -0.4 is 10.2 Å². The second-order valence-corrected chi connectivity index (χ2v) is 6.63. The van der Waals surface area contributed by atoms with Crippen molar-refractivity contribution >= 4 is 28.2 Å². The molecular weight excluding hydrogens is 330 g/mol. The van der Waals surface area contributed by atoms with Gasteiger partial charge in [-0.1, -0.05) is 0 Å². The van der Waals surface area contributed by atoms with Crippen LogP contribution in [0.3, 0.4) is 0 Å². The summed E-state index contributed by atoms with van der Waals surface area (Å²) in [5.41, 5.74) is 3.81. The summed E-state index contributed by atoms with van der Waals surface area (Å²) >= 11 is 0. The quantitative estimate of drug-likeness (QED) is 0.726. The van der Waals surface area contributed by atoms with Crippen molar-refractivity contribution in [3.8, 4) is 0 Å². The van der Waals surface area contributed by atoms with E-state index in [1.807, 2.05) is 19.0 Å². The fourth-order valence-corrected chi connectivity index (χ4v) is 3.05. The van der Waals surface area contributed by atoms with Crippen LogP contribution in [-0.4, -0.2) is 65.5 Å². The van der Waals surface area contributed by atoms with Crippen molar-refractivity contribution in [1.82, 2.24) is 25.1 Å². The van der Waals surface area contributed by atoms with E-state index in [4.69, 9.17) is 4.74 Å². The molecule has 3 heterocycles. The highest BCUT2D eigenvalue weighted by Crippen LogP contribution is 2.24. The van der Waals surface area contributed by atoms with Gasteiger partial charge in [0.15, 0.2) is 5.82 Å². The maximum Gasteiger partial charge on any atom is 0.160 e. The number of rotatable bonds is 5. The Morgan fingerprint density at radius 2 is 1.92 bits per heavy atom. The van der Waals surface area contributed by atoms with Crippen LogP contribution in [0.2, 0.25) is 0 Å². The first-order valence-corrected chi connectivity index (χ1v) is 8.73. The Bertz CT molecular complexity index is 869. The zero-order valence-corrected chi connectivity index (χ0v) is 15.1. The minimum Gasteiger partial charge on any atom is -0.378 e. The molecule has 0 aliphatic carbocycles. The number of nitrogens with one attached hydrogen (secondary N) is 2. The van der Waals surface area contributed by atoms with E-state index >= 15 is 0 Å². The summed E-state index contributed by atoms with van der Waals surface area (Å²) in [5.74, 6) is 1.50. The molecule has 1 saturated heterocycles. The van der Waals surface area contributed by atoms with E-state index in [2.05, 4.69) is 54.6 Å². The lowest BCUT2D eigenvalue weighted by molar-refractivity contribution is 0.122. The van der Waals surface area contributed by atoms with E-state index in [-0.39, 0.29) is 0 Å². The van der Waals surface area contributed by atoms with E-state index in [1.54, 1.807) is 6.20 Å². The molecule has 2 aromatic heterocycles. The highest BCUT2D eigenvalue weighted by atomic mass is 16.5. The van der Waals surface area contributed by atoms with Gasteiger partial charge in [0.1, 0.15) is 16.9 Å². The van der Waals surface area contributed by atoms with Crippen LogP contribution >= 0.6 is 0 Å². The van der Waals surface area contributed by atoms with Crippen LogP contribution in [0.15, 0.2) is 30.5 Å². The zero-order valence-electron chi connectivity index (χ0n) is 15.1. The Morgan fingerprint density at radius 1 is 1.15 bits per heavy atom. The summed E-state index contributed by atoms with van der Waals surface area (Å²) in [6.45, 7) is 4.11. The van der Waals surface area contributed by atoms with Gasteiger partial charge in [-0.2, -0.15) is 5.10 Å². The zero-order chi connectivity index (χ0) is 17.9. The third-order valence-electron chi connectivity index (χ3n) is 4.31. The van der Waals surface area contributed by atoms with Crippen molar-refractivity contribution in [2.24, 2.45) is 0 Å². The number of anilines is 3. The molecular formula is C18H23N7O.